The van der Waals surface area contributed by atoms with Crippen molar-refractivity contribution in [3.05, 3.63) is 254 Å². The Bertz CT molecular complexity index is 6420. The lowest BCUT2D eigenvalue weighted by atomic mass is 9.88. The monoisotopic (exact) mass is 2140 g/mol. The van der Waals surface area contributed by atoms with Crippen molar-refractivity contribution in [1.29, 1.82) is 0 Å². The number of H-pyrrole nitrogens is 2. The summed E-state index contributed by atoms with van der Waals surface area (Å²) >= 11 is 25.5. The van der Waals surface area contributed by atoms with E-state index in [2.05, 4.69) is 78.8 Å². The van der Waals surface area contributed by atoms with Crippen LogP contribution in [0.4, 0.5) is 70.2 Å². The van der Waals surface area contributed by atoms with Gasteiger partial charge in [0.1, 0.15) is 34.9 Å². The number of nitrogens with zero attached hydrogens (tertiary/aromatic N) is 10. The van der Waals surface area contributed by atoms with Crippen LogP contribution in [-0.4, -0.2) is 173 Å². The van der Waals surface area contributed by atoms with E-state index in [1.807, 2.05) is 0 Å². The highest BCUT2D eigenvalue weighted by molar-refractivity contribution is 6.34. The Morgan fingerprint density at radius 1 is 0.301 bits per heavy atom. The van der Waals surface area contributed by atoms with Gasteiger partial charge in [-0.1, -0.05) is 128 Å². The molecule has 4 aromatic heterocycles. The fourth-order valence-electron chi connectivity index (χ4n) is 13.8. The van der Waals surface area contributed by atoms with Gasteiger partial charge in [-0.05, 0) is 245 Å². The number of carbonyl (C=O) groups is 4. The van der Waals surface area contributed by atoms with Crippen molar-refractivity contribution in [3.8, 4) is 103 Å². The minimum absolute atomic E-state index is 0. The van der Waals surface area contributed by atoms with Gasteiger partial charge in [0, 0.05) is 98.6 Å². The van der Waals surface area contributed by atoms with Crippen molar-refractivity contribution in [3.63, 3.8) is 0 Å². The molecule has 146 heavy (non-hydrogen) atoms. The van der Waals surface area contributed by atoms with Gasteiger partial charge in [-0.2, -0.15) is 82.6 Å². The van der Waals surface area contributed by atoms with Crippen LogP contribution in [0.1, 0.15) is 179 Å². The molecule has 8 atom stereocenters. The van der Waals surface area contributed by atoms with Gasteiger partial charge in [-0.25, -0.2) is 47.1 Å². The molecule has 44 heteroatoms. The summed E-state index contributed by atoms with van der Waals surface area (Å²) in [4.78, 5) is 122. The Kier molecular flexibility index (Phi) is 42.7. The summed E-state index contributed by atoms with van der Waals surface area (Å²) in [6.45, 7) is 15.6. The van der Waals surface area contributed by atoms with Crippen LogP contribution in [-0.2, 0) is 38.1 Å². The van der Waals surface area contributed by atoms with E-state index in [1.165, 1.54) is 99.1 Å². The van der Waals surface area contributed by atoms with Crippen LogP contribution in [0.3, 0.4) is 0 Å². The fraction of sp³-hybridized carbons (Fsp3) is 0.373. The molecule has 0 bridgehead atoms. The molecule has 0 aliphatic carbocycles. The molecule has 0 aliphatic rings. The molecule has 0 radical (unpaired) electrons. The van der Waals surface area contributed by atoms with Gasteiger partial charge in [0.15, 0.2) is 58.1 Å². The van der Waals surface area contributed by atoms with Crippen LogP contribution >= 0.6 is 46.4 Å². The van der Waals surface area contributed by atoms with Gasteiger partial charge in [0.05, 0.1) is 34.3 Å². The third-order valence-corrected chi connectivity index (χ3v) is 25.0. The first-order chi connectivity index (χ1) is 66.1. The summed E-state index contributed by atoms with van der Waals surface area (Å²) in [5.41, 5.74) is -6.44. The number of methoxy groups -OCH3 is 6. The zero-order chi connectivity index (χ0) is 106. The van der Waals surface area contributed by atoms with Crippen LogP contribution in [0, 0.1) is 51.0 Å². The van der Waals surface area contributed by atoms with Crippen LogP contribution in [0.2, 0.25) is 20.1 Å². The molecule has 0 fully saturated rings. The molecule has 0 amide bonds. The van der Waals surface area contributed by atoms with Crippen molar-refractivity contribution in [2.24, 2.45) is 0 Å². The van der Waals surface area contributed by atoms with Crippen LogP contribution in [0.15, 0.2) is 155 Å². The normalized spacial score (nSPS) is 14.0. The maximum Gasteiger partial charge on any atom is 0.424 e. The summed E-state index contributed by atoms with van der Waals surface area (Å²) in [7, 11) is 6.12. The molecule has 0 spiro atoms. The first-order valence-corrected chi connectivity index (χ1v) is 44.1. The molecular formula is C102H108Cl4F16N12O12. The second-order valence-corrected chi connectivity index (χ2v) is 35.1. The number of carbonyl (C=O) groups excluding carboxylic acids is 4. The van der Waals surface area contributed by atoms with Crippen LogP contribution in [0.5, 0.6) is 12.0 Å². The number of ketones is 4. The maximum atomic E-state index is 13.7. The van der Waals surface area contributed by atoms with Crippen LogP contribution in [0.25, 0.3) is 91.1 Å². The Balaban J connectivity index is 0.000000339. The van der Waals surface area contributed by atoms with Crippen molar-refractivity contribution >= 4 is 69.5 Å². The Hall–Kier alpha value is -12.4. The Morgan fingerprint density at radius 2 is 0.507 bits per heavy atom. The SMILES string of the molecule is C.C.C.C.CO[C@](C)(C(=O)CC(C)c1ccc(Cl)c(-c2nc(-c3ccc(F)c(C)c3)nc(=O)[nH]2)c1)C(F)(F)F.CO[C@](C)(C(=O)CC(C)c1ccc(Cl)c(-c2nc(-c3ccc(F)c(C)c3)nc(=O)[nH]2)c1)C(F)(F)F.COc1nc(-c2ccc(F)c(C)c2)nc(-c2cc(C(C)CC(=O)[C@@](C)(OC)C(F)(F)F)ccc2Cl)n1.COc1nc(-c2ccc(F)c(C)c2)nc(-c2cc(C(C)CC(=O)[C@@](C)(OC)C(F)(F)F)ccc2Cl)n1. The minimum Gasteiger partial charge on any atom is -0.467 e. The van der Waals surface area contributed by atoms with Gasteiger partial charge in [-0.3, -0.25) is 29.1 Å². The van der Waals surface area contributed by atoms with E-state index in [-0.39, 0.29) is 131 Å². The van der Waals surface area contributed by atoms with Gasteiger partial charge in [-0.15, -0.1) is 0 Å². The van der Waals surface area contributed by atoms with Gasteiger partial charge >= 0.3 is 48.1 Å². The fourth-order valence-corrected chi connectivity index (χ4v) is 14.6. The van der Waals surface area contributed by atoms with Crippen molar-refractivity contribution in [2.45, 2.75) is 209 Å². The number of halogens is 20. The number of aryl methyl sites for hydroxylation is 4. The third-order valence-electron chi connectivity index (χ3n) is 23.7. The molecule has 788 valence electrons. The minimum atomic E-state index is -4.88. The average molecular weight is 2140 g/mol. The number of aromatic amines is 2. The molecular weight excluding hydrogens is 2030 g/mol. The molecule has 4 unspecified atom stereocenters. The topological polar surface area (TPSA) is 318 Å². The van der Waals surface area contributed by atoms with Crippen molar-refractivity contribution in [1.82, 2.24) is 59.8 Å². The average Bonchev–Trinajstić information content (AvgIpc) is 0.793. The smallest absolute Gasteiger partial charge is 0.424 e. The van der Waals surface area contributed by atoms with E-state index >= 15 is 0 Å². The summed E-state index contributed by atoms with van der Waals surface area (Å²) in [6, 6.07) is 35.8. The van der Waals surface area contributed by atoms with E-state index in [1.54, 1.807) is 116 Å². The molecule has 0 aliphatic heterocycles. The number of benzene rings is 8. The van der Waals surface area contributed by atoms with Crippen molar-refractivity contribution < 1.29 is 118 Å². The first kappa shape index (κ1) is 124. The number of hydrogen-bond acceptors (Lipinski definition) is 22. The summed E-state index contributed by atoms with van der Waals surface area (Å²) in [5.74, 6) is -7.63. The second-order valence-electron chi connectivity index (χ2n) is 33.5. The highest BCUT2D eigenvalue weighted by Gasteiger charge is 2.60. The van der Waals surface area contributed by atoms with Crippen molar-refractivity contribution in [2.75, 3.05) is 42.7 Å². The molecule has 4 heterocycles. The summed E-state index contributed by atoms with van der Waals surface area (Å²) in [6.07, 6.45) is -21.2. The third kappa shape index (κ3) is 28.7. The quantitative estimate of drug-likeness (QED) is 0.0395. The largest absolute Gasteiger partial charge is 0.467 e. The predicted octanol–water partition coefficient (Wildman–Crippen LogP) is 26.5. The number of nitrogens with one attached hydrogen (secondary N) is 2. The number of Topliss-reactive ketones (excluding diaryl/α,β-unsaturated/α-hetero) is 4. The Labute approximate surface area is 852 Å². The molecule has 2 N–H and O–H groups in total. The Morgan fingerprint density at radius 3 is 0.712 bits per heavy atom. The zero-order valence-corrected chi connectivity index (χ0v) is 81.9. The van der Waals surface area contributed by atoms with Gasteiger partial charge in [0.2, 0.25) is 22.4 Å². The zero-order valence-electron chi connectivity index (χ0n) is 78.9. The number of ether oxygens (including phenoxy) is 6. The first-order valence-electron chi connectivity index (χ1n) is 42.6. The van der Waals surface area contributed by atoms with E-state index < -0.39 is 143 Å². The second kappa shape index (κ2) is 50.3. The molecule has 0 saturated carbocycles. The van der Waals surface area contributed by atoms with E-state index in [0.717, 1.165) is 28.4 Å². The molecule has 8 aromatic carbocycles. The van der Waals surface area contributed by atoms with E-state index in [4.69, 9.17) is 55.9 Å². The van der Waals surface area contributed by atoms with Crippen LogP contribution < -0.4 is 20.9 Å². The standard InChI is InChI=1S/2C25H24ClF4N3O3.2C24H22ClF4N3O3.4CH4/c2*1-13(11-20(34)24(3,36-5)25(28,29)30)15-6-8-18(26)17(12-15)22-31-21(32-23(33-22)35-4)16-7-9-19(27)14(2)10-16;2*1-12(10-19(33)23(3,35-4)24(27,28)29)14-5-7-17(25)16(11-14)21-30-20(31-22(34)32-21)15-6-8-18(26)13(2)9-15;;;;/h2*6-10,12-13H,11H2,1-5H3;2*5-9,11-12H,10H2,1-4H3,(H,30,31,32,34);4*1H4/t2*13?,24-;2*12?,23-;;;;/m1111..../s1. The highest BCUT2D eigenvalue weighted by Crippen LogP contribution is 2.45. The maximum absolute atomic E-state index is 13.7. The summed E-state index contributed by atoms with van der Waals surface area (Å²) < 4.78 is 244. The van der Waals surface area contributed by atoms with Gasteiger partial charge in [0.25, 0.3) is 0 Å². The molecule has 12 rings (SSSR count). The lowest BCUT2D eigenvalue weighted by molar-refractivity contribution is -0.253. The lowest BCUT2D eigenvalue weighted by Crippen LogP contribution is -2.51. The number of aromatic nitrogens is 12. The predicted molar refractivity (Wildman–Crippen MR) is 525 cm³/mol. The molecule has 12 aromatic rings. The molecule has 0 saturated heterocycles. The lowest BCUT2D eigenvalue weighted by Gasteiger charge is -2.30. The van der Waals surface area contributed by atoms with Gasteiger partial charge < -0.3 is 28.4 Å². The number of alkyl halides is 12. The highest BCUT2D eigenvalue weighted by atomic mass is 35.5. The number of hydrogen-bond donors (Lipinski definition) is 2. The van der Waals surface area contributed by atoms with E-state index in [9.17, 15) is 99.0 Å². The number of rotatable bonds is 30. The van der Waals surface area contributed by atoms with E-state index in [0.29, 0.717) is 106 Å². The summed E-state index contributed by atoms with van der Waals surface area (Å²) in [5, 5.41) is 0.951. The molecule has 24 nitrogen and oxygen atoms in total.